The van der Waals surface area contributed by atoms with Crippen molar-refractivity contribution in [3.63, 3.8) is 0 Å². The zero-order valence-corrected chi connectivity index (χ0v) is 28.6. The van der Waals surface area contributed by atoms with Crippen LogP contribution in [0.3, 0.4) is 0 Å². The van der Waals surface area contributed by atoms with Gasteiger partial charge in [-0.25, -0.2) is 4.98 Å². The zero-order chi connectivity index (χ0) is 33.0. The van der Waals surface area contributed by atoms with Gasteiger partial charge in [-0.05, 0) is 97.4 Å². The number of aromatic nitrogens is 3. The van der Waals surface area contributed by atoms with Gasteiger partial charge in [0.1, 0.15) is 23.0 Å². The summed E-state index contributed by atoms with van der Waals surface area (Å²) in [6.45, 7) is 12.2. The lowest BCUT2D eigenvalue weighted by atomic mass is 9.62. The number of aryl methyl sites for hydroxylation is 1. The van der Waals surface area contributed by atoms with Gasteiger partial charge in [-0.1, -0.05) is 11.7 Å². The molecule has 47 heavy (non-hydrogen) atoms. The fourth-order valence-electron chi connectivity index (χ4n) is 8.82. The summed E-state index contributed by atoms with van der Waals surface area (Å²) < 4.78 is 12.8. The molecule has 3 aromatic rings. The van der Waals surface area contributed by atoms with Crippen LogP contribution >= 0.6 is 11.3 Å². The molecular weight excluding hydrogens is 613 g/mol. The lowest BCUT2D eigenvalue weighted by Crippen LogP contribution is -2.58. The van der Waals surface area contributed by atoms with Crippen LogP contribution in [-0.2, 0) is 23.1 Å². The molecule has 2 fully saturated rings. The topological polar surface area (TPSA) is 138 Å². The molecule has 0 aromatic carbocycles. The number of ether oxygens (including phenoxy) is 1. The van der Waals surface area contributed by atoms with Crippen LogP contribution in [0.4, 0.5) is 10.8 Å². The molecule has 2 aliphatic carbocycles. The first kappa shape index (κ1) is 31.6. The number of nitrogens with zero attached hydrogens (tertiary/aromatic N) is 7. The molecule has 0 bridgehead atoms. The van der Waals surface area contributed by atoms with Gasteiger partial charge in [0, 0.05) is 53.1 Å². The van der Waals surface area contributed by atoms with Crippen LogP contribution in [0.15, 0.2) is 23.2 Å². The summed E-state index contributed by atoms with van der Waals surface area (Å²) in [5.41, 5.74) is 9.52. The molecule has 248 valence electrons. The fraction of sp³-hybridized carbons (Fsp3) is 0.571. The van der Waals surface area contributed by atoms with Crippen LogP contribution in [-0.4, -0.2) is 81.7 Å². The van der Waals surface area contributed by atoms with Gasteiger partial charge >= 0.3 is 0 Å². The third-order valence-electron chi connectivity index (χ3n) is 10.9. The predicted molar refractivity (Wildman–Crippen MR) is 182 cm³/mol. The molecule has 2 unspecified atom stereocenters. The Kier molecular flexibility index (Phi) is 8.25. The van der Waals surface area contributed by atoms with E-state index in [0.29, 0.717) is 47.2 Å². The highest BCUT2D eigenvalue weighted by molar-refractivity contribution is 7.16. The highest BCUT2D eigenvalue weighted by Gasteiger charge is 2.48. The first-order valence-electron chi connectivity index (χ1n) is 16.9. The number of amides is 1. The van der Waals surface area contributed by atoms with E-state index in [4.69, 9.17) is 30.1 Å². The van der Waals surface area contributed by atoms with Crippen molar-refractivity contribution in [3.05, 3.63) is 46.0 Å². The normalized spacial score (nSPS) is 26.5. The van der Waals surface area contributed by atoms with Crippen LogP contribution in [0.25, 0.3) is 11.6 Å². The maximum Gasteiger partial charge on any atom is 0.246 e. The number of nitriles is 1. The molecule has 5 heterocycles. The fourth-order valence-corrected chi connectivity index (χ4v) is 9.98. The number of nitrogens with two attached hydrogens (primary N) is 1. The largest absolute Gasteiger partial charge is 0.473 e. The lowest BCUT2D eigenvalue weighted by Gasteiger charge is -2.44. The molecule has 7 rings (SSSR count). The van der Waals surface area contributed by atoms with Gasteiger partial charge in [0.15, 0.2) is 0 Å². The Labute approximate surface area is 280 Å². The van der Waals surface area contributed by atoms with E-state index in [0.717, 1.165) is 80.6 Å². The number of thiophene rings is 1. The van der Waals surface area contributed by atoms with Crippen LogP contribution < -0.4 is 15.4 Å². The van der Waals surface area contributed by atoms with Crippen LogP contribution in [0, 0.1) is 11.3 Å². The highest BCUT2D eigenvalue weighted by Crippen LogP contribution is 2.54. The minimum absolute atomic E-state index is 0.0381. The Hall–Kier alpha value is -3.95. The third kappa shape index (κ3) is 5.28. The number of hydrogen-bond donors (Lipinski definition) is 1. The molecule has 1 spiro atoms. The van der Waals surface area contributed by atoms with Gasteiger partial charge in [0.25, 0.3) is 0 Å². The van der Waals surface area contributed by atoms with E-state index >= 15 is 0 Å². The molecule has 3 aromatic heterocycles. The average molecular weight is 657 g/mol. The summed E-state index contributed by atoms with van der Waals surface area (Å²) >= 11 is 1.54. The van der Waals surface area contributed by atoms with Crippen molar-refractivity contribution in [1.82, 2.24) is 24.9 Å². The third-order valence-corrected chi connectivity index (χ3v) is 11.9. The van der Waals surface area contributed by atoms with E-state index in [2.05, 4.69) is 50.3 Å². The SMILES string of the molecule is C=CC(=O)N1C(C)CN(c2cc(O[C@@H](C)C3CCCN3C)nc(-c3onc4c3CCC[C@@]43CCCc4sc(N)c(C#N)c43)n2)C[C@@H]1C. The maximum atomic E-state index is 12.6. The van der Waals surface area contributed by atoms with E-state index in [-0.39, 0.29) is 24.1 Å². The van der Waals surface area contributed by atoms with Crippen LogP contribution in [0.5, 0.6) is 5.88 Å². The van der Waals surface area contributed by atoms with E-state index in [1.54, 1.807) is 11.3 Å². The number of piperazine rings is 1. The molecule has 12 heteroatoms. The van der Waals surface area contributed by atoms with Crippen molar-refractivity contribution in [1.29, 1.82) is 5.26 Å². The summed E-state index contributed by atoms with van der Waals surface area (Å²) in [5.74, 6) is 2.17. The molecule has 0 saturated carbocycles. The summed E-state index contributed by atoms with van der Waals surface area (Å²) in [5, 5.41) is 15.5. The quantitative estimate of drug-likeness (QED) is 0.358. The first-order chi connectivity index (χ1) is 22.6. The number of carbonyl (C=O) groups is 1. The number of hydrogen-bond acceptors (Lipinski definition) is 11. The first-order valence-corrected chi connectivity index (χ1v) is 17.7. The number of rotatable bonds is 6. The van der Waals surface area contributed by atoms with Gasteiger partial charge in [-0.15, -0.1) is 11.3 Å². The summed E-state index contributed by atoms with van der Waals surface area (Å²) in [4.78, 5) is 30.4. The molecule has 2 aliphatic heterocycles. The van der Waals surface area contributed by atoms with Gasteiger partial charge in [-0.2, -0.15) is 10.2 Å². The van der Waals surface area contributed by atoms with E-state index < -0.39 is 5.41 Å². The van der Waals surface area contributed by atoms with E-state index in [1.165, 1.54) is 11.0 Å². The number of anilines is 2. The molecule has 2 saturated heterocycles. The molecule has 1 amide bonds. The van der Waals surface area contributed by atoms with Crippen molar-refractivity contribution in [2.75, 3.05) is 37.3 Å². The Morgan fingerprint density at radius 1 is 1.23 bits per heavy atom. The van der Waals surface area contributed by atoms with Gasteiger partial charge in [0.2, 0.25) is 23.4 Å². The predicted octanol–water partition coefficient (Wildman–Crippen LogP) is 5.08. The molecule has 2 N–H and O–H groups in total. The van der Waals surface area contributed by atoms with Crippen molar-refractivity contribution in [2.45, 2.75) is 102 Å². The zero-order valence-electron chi connectivity index (χ0n) is 27.8. The standard InChI is InChI=1S/C35H44N8O3S/c1-6-29(44)43-20(2)18-42(19-21(43)3)27-16-28(45-22(4)25-11-9-15-41(25)5)39-34(38-27)31-23-10-7-13-35(32(23)40-46-31)14-8-12-26-30(35)24(17-36)33(37)47-26/h6,16,20-22,25H,1,7-15,18-19,37H2,2-5H3/t20-,21?,22-,25?,35-/m0/s1. The van der Waals surface area contributed by atoms with Crippen LogP contribution in [0.1, 0.15) is 86.6 Å². The van der Waals surface area contributed by atoms with Crippen molar-refractivity contribution in [3.8, 4) is 23.5 Å². The number of fused-ring (bicyclic) bond motifs is 4. The van der Waals surface area contributed by atoms with Crippen molar-refractivity contribution >= 4 is 28.1 Å². The second kappa shape index (κ2) is 12.3. The smallest absolute Gasteiger partial charge is 0.246 e. The number of carbonyl (C=O) groups excluding carboxylic acids is 1. The van der Waals surface area contributed by atoms with E-state index in [1.807, 2.05) is 11.0 Å². The summed E-state index contributed by atoms with van der Waals surface area (Å²) in [6.07, 6.45) is 8.99. The monoisotopic (exact) mass is 656 g/mol. The Balaban J connectivity index is 1.30. The van der Waals surface area contributed by atoms with E-state index in [9.17, 15) is 10.1 Å². The number of likely N-dealkylation sites (N-methyl/N-ethyl adjacent to an activating group) is 1. The highest BCUT2D eigenvalue weighted by atomic mass is 32.1. The Bertz CT molecular complexity index is 1730. The maximum absolute atomic E-state index is 12.6. The number of nitrogen functional groups attached to an aromatic ring is 1. The summed E-state index contributed by atoms with van der Waals surface area (Å²) in [7, 11) is 2.15. The van der Waals surface area contributed by atoms with Crippen molar-refractivity contribution < 1.29 is 14.1 Å². The second-order valence-corrected chi connectivity index (χ2v) is 15.0. The second-order valence-electron chi connectivity index (χ2n) is 13.8. The van der Waals surface area contributed by atoms with Crippen LogP contribution in [0.2, 0.25) is 0 Å². The molecule has 11 nitrogen and oxygen atoms in total. The molecule has 0 radical (unpaired) electrons. The molecule has 5 atom stereocenters. The van der Waals surface area contributed by atoms with Gasteiger partial charge in [-0.3, -0.25) is 9.69 Å². The minimum Gasteiger partial charge on any atom is -0.473 e. The average Bonchev–Trinajstić information content (AvgIpc) is 3.77. The Morgan fingerprint density at radius 3 is 2.66 bits per heavy atom. The molecular formula is C35H44N8O3S. The van der Waals surface area contributed by atoms with Gasteiger partial charge in [0.05, 0.1) is 11.3 Å². The lowest BCUT2D eigenvalue weighted by molar-refractivity contribution is -0.130. The minimum atomic E-state index is -0.403. The Morgan fingerprint density at radius 2 is 1.98 bits per heavy atom. The van der Waals surface area contributed by atoms with Crippen molar-refractivity contribution in [2.24, 2.45) is 0 Å². The summed E-state index contributed by atoms with van der Waals surface area (Å²) in [6, 6.07) is 4.55. The number of likely N-dealkylation sites (tertiary alicyclic amines) is 1. The molecule has 4 aliphatic rings. The van der Waals surface area contributed by atoms with Gasteiger partial charge < -0.3 is 24.8 Å².